The maximum atomic E-state index is 13.1. The summed E-state index contributed by atoms with van der Waals surface area (Å²) in [5.41, 5.74) is 7.74. The number of ether oxygens (including phenoxy) is 1. The van der Waals surface area contributed by atoms with Crippen LogP contribution in [-0.2, 0) is 26.5 Å². The Labute approximate surface area is 388 Å². The van der Waals surface area contributed by atoms with Crippen molar-refractivity contribution in [3.8, 4) is 11.6 Å². The maximum absolute atomic E-state index is 13.1. The molecule has 18 heteroatoms. The average Bonchev–Trinajstić information content (AvgIpc) is 3.73. The Morgan fingerprint density at radius 2 is 1.61 bits per heavy atom. The zero-order valence-corrected chi connectivity index (χ0v) is 38.3. The topological polar surface area (TPSA) is 228 Å². The Morgan fingerprint density at radius 1 is 0.910 bits per heavy atom. The van der Waals surface area contributed by atoms with E-state index in [4.69, 9.17) is 10.5 Å². The Balaban J connectivity index is 0.000000234. The van der Waals surface area contributed by atoms with Crippen molar-refractivity contribution in [2.75, 3.05) is 43.4 Å². The SMILES string of the molecule is C=CCn1c(=O)c2cnc(C)nc2n1-c1cccc(C(C)(C)O)n1.Nc1ccc(N2CCN(C(=O)CCCCCCCCOc3cccc4c3C(=O)N(C3CCC(=O)NC3=O)C4=O)CC2)cc1. The predicted octanol–water partition coefficient (Wildman–Crippen LogP) is 4.83. The summed E-state index contributed by atoms with van der Waals surface area (Å²) in [5.74, 6) is -0.528. The van der Waals surface area contributed by atoms with Gasteiger partial charge in [0, 0.05) is 56.6 Å². The number of amides is 5. The highest BCUT2D eigenvalue weighted by atomic mass is 16.5. The van der Waals surface area contributed by atoms with Crippen molar-refractivity contribution in [2.45, 2.75) is 96.7 Å². The number of aromatic nitrogens is 5. The molecule has 1 unspecified atom stereocenters. The number of carbonyl (C=O) groups is 5. The second-order valence-corrected chi connectivity index (χ2v) is 17.4. The van der Waals surface area contributed by atoms with Crippen molar-refractivity contribution in [2.24, 2.45) is 0 Å². The predicted molar refractivity (Wildman–Crippen MR) is 252 cm³/mol. The third-order valence-electron chi connectivity index (χ3n) is 12.0. The smallest absolute Gasteiger partial charge is 0.278 e. The highest BCUT2D eigenvalue weighted by Gasteiger charge is 2.46. The van der Waals surface area contributed by atoms with Gasteiger partial charge in [-0.1, -0.05) is 43.9 Å². The van der Waals surface area contributed by atoms with Gasteiger partial charge < -0.3 is 25.4 Å². The standard InChI is InChI=1S/C32H39N5O6.C17H19N5O2/c33-22-11-13-23(14-12-22)35-17-19-36(20-18-35)28(39)10-5-3-1-2-4-6-21-43-26-9-7-8-24-29(26)32(42)37(31(24)41)25-15-16-27(38)34-30(25)40;1-5-9-21-16(23)12-10-18-11(2)19-15(12)22(21)14-8-6-7-13(20-14)17(3,4)24/h7-9,11-14,25H,1-6,10,15-21,33H2,(H,34,38,40);5-8,10,24H,1,9H2,2-4H3. The van der Waals surface area contributed by atoms with Gasteiger partial charge in [-0.25, -0.2) is 24.3 Å². The van der Waals surface area contributed by atoms with E-state index in [9.17, 15) is 33.9 Å². The lowest BCUT2D eigenvalue weighted by Crippen LogP contribution is -2.54. The number of fused-ring (bicyclic) bond motifs is 2. The fourth-order valence-electron chi connectivity index (χ4n) is 8.44. The van der Waals surface area contributed by atoms with Crippen molar-refractivity contribution >= 4 is 51.9 Å². The third-order valence-corrected chi connectivity index (χ3v) is 12.0. The van der Waals surface area contributed by atoms with E-state index in [-0.39, 0.29) is 35.4 Å². The van der Waals surface area contributed by atoms with Gasteiger partial charge in [0.2, 0.25) is 17.7 Å². The molecular formula is C49H58N10O8. The van der Waals surface area contributed by atoms with E-state index in [1.807, 2.05) is 29.2 Å². The van der Waals surface area contributed by atoms with Crippen molar-refractivity contribution in [1.29, 1.82) is 0 Å². The first-order chi connectivity index (χ1) is 32.2. The van der Waals surface area contributed by atoms with E-state index >= 15 is 0 Å². The molecule has 67 heavy (non-hydrogen) atoms. The number of carbonyl (C=O) groups excluding carboxylic acids is 5. The second kappa shape index (κ2) is 21.0. The van der Waals surface area contributed by atoms with Crippen molar-refractivity contribution < 1.29 is 33.8 Å². The largest absolute Gasteiger partial charge is 0.493 e. The fourth-order valence-corrected chi connectivity index (χ4v) is 8.44. The Hall–Kier alpha value is -7.21. The van der Waals surface area contributed by atoms with Gasteiger partial charge in [-0.2, -0.15) is 0 Å². The van der Waals surface area contributed by atoms with Crippen LogP contribution in [0.2, 0.25) is 0 Å². The molecule has 0 radical (unpaired) electrons. The number of nitrogen functional groups attached to an aromatic ring is 1. The minimum atomic E-state index is -1.09. The van der Waals surface area contributed by atoms with Crippen molar-refractivity contribution in [3.05, 3.63) is 113 Å². The number of allylic oxidation sites excluding steroid dienone is 1. The summed E-state index contributed by atoms with van der Waals surface area (Å²) in [5, 5.41) is 12.8. The maximum Gasteiger partial charge on any atom is 0.278 e. The number of anilines is 2. The highest BCUT2D eigenvalue weighted by molar-refractivity contribution is 6.24. The zero-order valence-electron chi connectivity index (χ0n) is 38.3. The number of aliphatic hydroxyl groups is 1. The van der Waals surface area contributed by atoms with Crippen molar-refractivity contribution in [3.63, 3.8) is 0 Å². The summed E-state index contributed by atoms with van der Waals surface area (Å²) in [7, 11) is 0. The van der Waals surface area contributed by atoms with Crippen LogP contribution in [0.5, 0.6) is 5.75 Å². The summed E-state index contributed by atoms with van der Waals surface area (Å²) < 4.78 is 9.05. The molecular weight excluding hydrogens is 857 g/mol. The number of rotatable bonds is 16. The van der Waals surface area contributed by atoms with Gasteiger partial charge in [-0.05, 0) is 88.6 Å². The summed E-state index contributed by atoms with van der Waals surface area (Å²) >= 11 is 0. The number of unbranched alkanes of at least 4 members (excludes halogenated alkanes) is 5. The molecule has 2 aromatic carbocycles. The Kier molecular flexibility index (Phi) is 14.9. The lowest BCUT2D eigenvalue weighted by atomic mass is 10.0. The molecule has 0 bridgehead atoms. The Morgan fingerprint density at radius 3 is 2.31 bits per heavy atom. The summed E-state index contributed by atoms with van der Waals surface area (Å²) in [6.07, 6.45) is 9.60. The molecule has 6 heterocycles. The van der Waals surface area contributed by atoms with E-state index in [2.05, 4.69) is 31.7 Å². The van der Waals surface area contributed by atoms with Crippen LogP contribution in [0.3, 0.4) is 0 Å². The fraction of sp³-hybridized carbons (Fsp3) is 0.408. The number of hydrogen-bond acceptors (Lipinski definition) is 13. The van der Waals surface area contributed by atoms with E-state index in [1.165, 1.54) is 10.9 Å². The van der Waals surface area contributed by atoms with E-state index < -0.39 is 35.3 Å². The van der Waals surface area contributed by atoms with Gasteiger partial charge in [0.25, 0.3) is 17.4 Å². The first-order valence-electron chi connectivity index (χ1n) is 22.8. The van der Waals surface area contributed by atoms with Crippen LogP contribution in [0.4, 0.5) is 11.4 Å². The molecule has 5 amide bonds. The van der Waals surface area contributed by atoms with Crippen molar-refractivity contribution in [1.82, 2.24) is 39.4 Å². The molecule has 4 N–H and O–H groups in total. The number of imide groups is 2. The lowest BCUT2D eigenvalue weighted by molar-refractivity contribution is -0.136. The van der Waals surface area contributed by atoms with Gasteiger partial charge >= 0.3 is 0 Å². The summed E-state index contributed by atoms with van der Waals surface area (Å²) in [6, 6.07) is 17.0. The van der Waals surface area contributed by atoms with Gasteiger partial charge in [0.15, 0.2) is 11.5 Å². The molecule has 3 aliphatic rings. The van der Waals surface area contributed by atoms with Gasteiger partial charge in [-0.3, -0.25) is 39.0 Å². The van der Waals surface area contributed by atoms with Crippen LogP contribution < -0.4 is 26.2 Å². The molecule has 3 aliphatic heterocycles. The summed E-state index contributed by atoms with van der Waals surface area (Å²) in [4.78, 5) is 93.4. The molecule has 5 aromatic rings. The second-order valence-electron chi connectivity index (χ2n) is 17.4. The van der Waals surface area contributed by atoms with E-state index in [0.29, 0.717) is 53.7 Å². The van der Waals surface area contributed by atoms with Gasteiger partial charge in [0.05, 0.1) is 30.0 Å². The van der Waals surface area contributed by atoms with Crippen LogP contribution in [0.15, 0.2) is 84.3 Å². The normalized spacial score (nSPS) is 16.2. The quantitative estimate of drug-likeness (QED) is 0.0523. The lowest BCUT2D eigenvalue weighted by Gasteiger charge is -2.36. The summed E-state index contributed by atoms with van der Waals surface area (Å²) in [6.45, 7) is 12.6. The van der Waals surface area contributed by atoms with Crippen LogP contribution in [0.25, 0.3) is 16.9 Å². The molecule has 0 spiro atoms. The number of hydrogen-bond donors (Lipinski definition) is 3. The molecule has 8 rings (SSSR count). The zero-order chi connectivity index (χ0) is 47.8. The molecule has 0 saturated carbocycles. The molecule has 18 nitrogen and oxygen atoms in total. The highest BCUT2D eigenvalue weighted by Crippen LogP contribution is 2.34. The minimum Gasteiger partial charge on any atom is -0.493 e. The number of nitrogens with two attached hydrogens (primary N) is 1. The van der Waals surface area contributed by atoms with Gasteiger partial charge in [-0.15, -0.1) is 6.58 Å². The molecule has 3 aromatic heterocycles. The third kappa shape index (κ3) is 10.9. The number of aryl methyl sites for hydroxylation is 1. The molecule has 352 valence electrons. The van der Waals surface area contributed by atoms with E-state index in [1.54, 1.807) is 67.9 Å². The minimum absolute atomic E-state index is 0.0762. The number of piperazine rings is 1. The Bertz CT molecular complexity index is 2710. The van der Waals surface area contributed by atoms with Crippen LogP contribution in [0, 0.1) is 6.92 Å². The molecule has 0 aliphatic carbocycles. The van der Waals surface area contributed by atoms with Crippen LogP contribution in [0.1, 0.15) is 104 Å². The first-order valence-corrected chi connectivity index (χ1v) is 22.8. The molecule has 1 atom stereocenters. The van der Waals surface area contributed by atoms with E-state index in [0.717, 1.165) is 81.0 Å². The van der Waals surface area contributed by atoms with Gasteiger partial charge in [0.1, 0.15) is 28.6 Å². The number of nitrogens with zero attached hydrogens (tertiary/aromatic N) is 8. The van der Waals surface area contributed by atoms with Crippen LogP contribution in [-0.4, -0.2) is 108 Å². The number of pyridine rings is 1. The monoisotopic (exact) mass is 914 g/mol. The number of piperidine rings is 1. The number of benzene rings is 2. The molecule has 2 saturated heterocycles. The number of nitrogens with one attached hydrogen (secondary N) is 1. The van der Waals surface area contributed by atoms with Crippen LogP contribution >= 0.6 is 0 Å². The molecule has 2 fully saturated rings. The first kappa shape index (κ1) is 47.7. The average molecular weight is 915 g/mol.